The van der Waals surface area contributed by atoms with E-state index in [0.29, 0.717) is 10.2 Å². The second-order valence-corrected chi connectivity index (χ2v) is 4.87. The smallest absolute Gasteiger partial charge is 0.275 e. The maximum Gasteiger partial charge on any atom is 0.275 e. The predicted molar refractivity (Wildman–Crippen MR) is 79.1 cm³/mol. The van der Waals surface area contributed by atoms with Crippen LogP contribution in [0.2, 0.25) is 0 Å². The Morgan fingerprint density at radius 2 is 2.16 bits per heavy atom. The Hall–Kier alpha value is -1.72. The van der Waals surface area contributed by atoms with E-state index in [0.717, 1.165) is 17.8 Å². The lowest BCUT2D eigenvalue weighted by atomic mass is 10.2. The van der Waals surface area contributed by atoms with Crippen LogP contribution in [0.15, 0.2) is 47.1 Å². The highest BCUT2D eigenvalue weighted by molar-refractivity contribution is 9.10. The molecule has 0 saturated carbocycles. The van der Waals surface area contributed by atoms with Crippen molar-refractivity contribution in [1.29, 1.82) is 0 Å². The zero-order valence-corrected chi connectivity index (χ0v) is 12.1. The van der Waals surface area contributed by atoms with Gasteiger partial charge in [0.1, 0.15) is 5.69 Å². The molecule has 0 aliphatic rings. The van der Waals surface area contributed by atoms with E-state index in [1.807, 2.05) is 31.3 Å². The summed E-state index contributed by atoms with van der Waals surface area (Å²) in [6, 6.07) is 11.3. The van der Waals surface area contributed by atoms with Gasteiger partial charge in [-0.15, -0.1) is 0 Å². The van der Waals surface area contributed by atoms with Crippen LogP contribution < -0.4 is 10.6 Å². The highest BCUT2D eigenvalue weighted by Gasteiger charge is 2.11. The van der Waals surface area contributed by atoms with Crippen LogP contribution in [-0.2, 0) is 6.54 Å². The molecule has 1 amide bonds. The number of carbonyl (C=O) groups is 1. The Morgan fingerprint density at radius 1 is 1.32 bits per heavy atom. The van der Waals surface area contributed by atoms with Crippen molar-refractivity contribution in [3.05, 3.63) is 58.3 Å². The van der Waals surface area contributed by atoms with E-state index in [1.165, 1.54) is 0 Å². The number of aromatic nitrogens is 1. The van der Waals surface area contributed by atoms with E-state index in [4.69, 9.17) is 0 Å². The van der Waals surface area contributed by atoms with E-state index >= 15 is 0 Å². The van der Waals surface area contributed by atoms with E-state index in [1.54, 1.807) is 18.3 Å². The molecule has 0 unspecified atom stereocenters. The van der Waals surface area contributed by atoms with E-state index in [2.05, 4.69) is 31.5 Å². The summed E-state index contributed by atoms with van der Waals surface area (Å²) in [5.74, 6) is -0.228. The van der Waals surface area contributed by atoms with Crippen molar-refractivity contribution >= 4 is 27.5 Å². The first kappa shape index (κ1) is 13.7. The number of nitrogens with one attached hydrogen (secondary N) is 2. The summed E-state index contributed by atoms with van der Waals surface area (Å²) in [5.41, 5.74) is 2.25. The maximum absolute atomic E-state index is 12.1. The molecule has 0 fully saturated rings. The number of hydrogen-bond donors (Lipinski definition) is 2. The number of rotatable bonds is 4. The third-order valence-electron chi connectivity index (χ3n) is 2.54. The van der Waals surface area contributed by atoms with Crippen LogP contribution in [0.1, 0.15) is 16.1 Å². The van der Waals surface area contributed by atoms with Gasteiger partial charge in [-0.1, -0.05) is 12.1 Å². The van der Waals surface area contributed by atoms with Crippen LogP contribution in [-0.4, -0.2) is 17.9 Å². The maximum atomic E-state index is 12.1. The molecular formula is C14H14BrN3O. The summed E-state index contributed by atoms with van der Waals surface area (Å²) in [7, 11) is 1.89. The molecule has 19 heavy (non-hydrogen) atoms. The molecule has 1 heterocycles. The van der Waals surface area contributed by atoms with Crippen LogP contribution in [0.25, 0.3) is 0 Å². The predicted octanol–water partition coefficient (Wildman–Crippen LogP) is 2.82. The van der Waals surface area contributed by atoms with Crippen molar-refractivity contribution in [3.63, 3.8) is 0 Å². The number of halogens is 1. The molecule has 5 heteroatoms. The number of hydrogen-bond acceptors (Lipinski definition) is 3. The molecule has 0 bridgehead atoms. The van der Waals surface area contributed by atoms with Gasteiger partial charge in [0.2, 0.25) is 0 Å². The zero-order chi connectivity index (χ0) is 13.7. The van der Waals surface area contributed by atoms with Crippen LogP contribution >= 0.6 is 15.9 Å². The molecule has 0 atom stereocenters. The molecule has 2 aromatic rings. The number of pyridine rings is 1. The quantitative estimate of drug-likeness (QED) is 0.911. The molecule has 0 radical (unpaired) electrons. The van der Waals surface area contributed by atoms with Gasteiger partial charge in [0.25, 0.3) is 5.91 Å². The third kappa shape index (κ3) is 3.62. The number of benzene rings is 1. The zero-order valence-electron chi connectivity index (χ0n) is 10.5. The number of carbonyl (C=O) groups excluding carboxylic acids is 1. The summed E-state index contributed by atoms with van der Waals surface area (Å²) >= 11 is 3.32. The molecule has 2 rings (SSSR count). The van der Waals surface area contributed by atoms with Gasteiger partial charge in [-0.3, -0.25) is 4.79 Å². The Kier molecular flexibility index (Phi) is 4.65. The lowest BCUT2D eigenvalue weighted by Crippen LogP contribution is -2.14. The molecule has 2 N–H and O–H groups in total. The van der Waals surface area contributed by atoms with Gasteiger partial charge in [-0.25, -0.2) is 4.98 Å². The standard InChI is InChI=1S/C14H14BrN3O/c1-16-9-10-4-2-5-11(8-10)18-14(19)13-12(15)6-3-7-17-13/h2-8,16H,9H2,1H3,(H,18,19). The molecule has 98 valence electrons. The van der Waals surface area contributed by atoms with Crippen LogP contribution in [0, 0.1) is 0 Å². The Balaban J connectivity index is 2.15. The summed E-state index contributed by atoms with van der Waals surface area (Å²) in [4.78, 5) is 16.1. The topological polar surface area (TPSA) is 54.0 Å². The van der Waals surface area contributed by atoms with Crippen LogP contribution in [0.3, 0.4) is 0 Å². The fourth-order valence-corrected chi connectivity index (χ4v) is 2.14. The average molecular weight is 320 g/mol. The molecule has 0 spiro atoms. The Bertz CT molecular complexity index is 586. The van der Waals surface area contributed by atoms with Gasteiger partial charge in [0.15, 0.2) is 0 Å². The number of anilines is 1. The van der Waals surface area contributed by atoms with Crippen molar-refractivity contribution < 1.29 is 4.79 Å². The highest BCUT2D eigenvalue weighted by atomic mass is 79.9. The summed E-state index contributed by atoms with van der Waals surface area (Å²) in [6.45, 7) is 0.761. The van der Waals surface area contributed by atoms with Gasteiger partial charge in [0, 0.05) is 22.9 Å². The van der Waals surface area contributed by atoms with Crippen molar-refractivity contribution in [2.24, 2.45) is 0 Å². The average Bonchev–Trinajstić information content (AvgIpc) is 2.40. The SMILES string of the molecule is CNCc1cccc(NC(=O)c2ncccc2Br)c1. The highest BCUT2D eigenvalue weighted by Crippen LogP contribution is 2.16. The van der Waals surface area contributed by atoms with Crippen molar-refractivity contribution in [3.8, 4) is 0 Å². The number of amides is 1. The first-order valence-electron chi connectivity index (χ1n) is 5.86. The molecule has 1 aromatic heterocycles. The van der Waals surface area contributed by atoms with Crippen molar-refractivity contribution in [2.75, 3.05) is 12.4 Å². The second-order valence-electron chi connectivity index (χ2n) is 4.02. The summed E-state index contributed by atoms with van der Waals surface area (Å²) in [6.07, 6.45) is 1.59. The van der Waals surface area contributed by atoms with Crippen molar-refractivity contribution in [1.82, 2.24) is 10.3 Å². The minimum Gasteiger partial charge on any atom is -0.321 e. The van der Waals surface area contributed by atoms with Crippen molar-refractivity contribution in [2.45, 2.75) is 6.54 Å². The molecular weight excluding hydrogens is 306 g/mol. The van der Waals surface area contributed by atoms with Crippen LogP contribution in [0.5, 0.6) is 0 Å². The van der Waals surface area contributed by atoms with Crippen LogP contribution in [0.4, 0.5) is 5.69 Å². The first-order chi connectivity index (χ1) is 9.20. The normalized spacial score (nSPS) is 10.2. The molecule has 1 aromatic carbocycles. The molecule has 0 saturated heterocycles. The molecule has 0 aliphatic carbocycles. The first-order valence-corrected chi connectivity index (χ1v) is 6.65. The Morgan fingerprint density at radius 3 is 2.89 bits per heavy atom. The van der Waals surface area contributed by atoms with Gasteiger partial charge in [0.05, 0.1) is 0 Å². The largest absolute Gasteiger partial charge is 0.321 e. The second kappa shape index (κ2) is 6.45. The molecule has 4 nitrogen and oxygen atoms in total. The van der Waals surface area contributed by atoms with E-state index in [-0.39, 0.29) is 5.91 Å². The van der Waals surface area contributed by atoms with Gasteiger partial charge in [-0.05, 0) is 52.8 Å². The monoisotopic (exact) mass is 319 g/mol. The lowest BCUT2D eigenvalue weighted by molar-refractivity contribution is 0.102. The number of nitrogens with zero attached hydrogens (tertiary/aromatic N) is 1. The molecule has 0 aliphatic heterocycles. The van der Waals surface area contributed by atoms with Gasteiger partial charge < -0.3 is 10.6 Å². The fraction of sp³-hybridized carbons (Fsp3) is 0.143. The van der Waals surface area contributed by atoms with Gasteiger partial charge >= 0.3 is 0 Å². The van der Waals surface area contributed by atoms with E-state index in [9.17, 15) is 4.79 Å². The summed E-state index contributed by atoms with van der Waals surface area (Å²) < 4.78 is 0.680. The Labute approximate surface area is 120 Å². The minimum atomic E-state index is -0.228. The minimum absolute atomic E-state index is 0.228. The lowest BCUT2D eigenvalue weighted by Gasteiger charge is -2.07. The van der Waals surface area contributed by atoms with E-state index < -0.39 is 0 Å². The summed E-state index contributed by atoms with van der Waals surface area (Å²) in [5, 5.41) is 5.91. The third-order valence-corrected chi connectivity index (χ3v) is 3.18. The fourth-order valence-electron chi connectivity index (χ4n) is 1.71. The van der Waals surface area contributed by atoms with Gasteiger partial charge in [-0.2, -0.15) is 0 Å².